The molecule has 0 atom stereocenters. The van der Waals surface area contributed by atoms with Gasteiger partial charge in [-0.15, -0.1) is 0 Å². The van der Waals surface area contributed by atoms with Crippen LogP contribution in [0.3, 0.4) is 0 Å². The van der Waals surface area contributed by atoms with Crippen LogP contribution in [-0.2, 0) is 20.4 Å². The molecule has 0 unspecified atom stereocenters. The maximum atomic E-state index is 12.5. The Bertz CT molecular complexity index is 824. The number of nitrogens with one attached hydrogen (secondary N) is 2. The summed E-state index contributed by atoms with van der Waals surface area (Å²) in [4.78, 5) is 25.0. The third-order valence-corrected chi connectivity index (χ3v) is 4.91. The van der Waals surface area contributed by atoms with Gasteiger partial charge in [-0.1, -0.05) is 65.8 Å². The SMILES string of the molecule is Cc1ccc(C(C)(C)C)cc1NC(=O)C(=O)Nc1cc(C(C)(C)C)ccc1C. The van der Waals surface area contributed by atoms with E-state index in [-0.39, 0.29) is 10.8 Å². The van der Waals surface area contributed by atoms with Gasteiger partial charge < -0.3 is 10.6 Å². The quantitative estimate of drug-likeness (QED) is 0.678. The van der Waals surface area contributed by atoms with E-state index in [1.165, 1.54) is 0 Å². The van der Waals surface area contributed by atoms with Gasteiger partial charge in [0.1, 0.15) is 0 Å². The van der Waals surface area contributed by atoms with Crippen molar-refractivity contribution in [3.63, 3.8) is 0 Å². The zero-order chi connectivity index (χ0) is 21.3. The minimum Gasteiger partial charge on any atom is -0.318 e. The number of aryl methyl sites for hydroxylation is 2. The van der Waals surface area contributed by atoms with Crippen LogP contribution in [0, 0.1) is 13.8 Å². The zero-order valence-corrected chi connectivity index (χ0v) is 18.3. The second kappa shape index (κ2) is 7.78. The summed E-state index contributed by atoms with van der Waals surface area (Å²) in [6.45, 7) is 16.5. The van der Waals surface area contributed by atoms with Gasteiger partial charge in [-0.05, 0) is 59.1 Å². The van der Waals surface area contributed by atoms with Crippen LogP contribution >= 0.6 is 0 Å². The van der Waals surface area contributed by atoms with E-state index >= 15 is 0 Å². The largest absolute Gasteiger partial charge is 0.318 e. The minimum atomic E-state index is -0.672. The van der Waals surface area contributed by atoms with Gasteiger partial charge in [-0.25, -0.2) is 0 Å². The molecule has 2 N–H and O–H groups in total. The highest BCUT2D eigenvalue weighted by Crippen LogP contribution is 2.28. The van der Waals surface area contributed by atoms with Gasteiger partial charge in [0.15, 0.2) is 0 Å². The molecule has 2 aromatic carbocycles. The molecule has 0 heterocycles. The van der Waals surface area contributed by atoms with E-state index in [1.807, 2.05) is 50.2 Å². The van der Waals surface area contributed by atoms with Gasteiger partial charge in [0.05, 0.1) is 0 Å². The Labute approximate surface area is 168 Å². The first-order valence-electron chi connectivity index (χ1n) is 9.63. The normalized spacial score (nSPS) is 11.9. The molecular formula is C24H32N2O2. The molecule has 0 saturated carbocycles. The first-order valence-corrected chi connectivity index (χ1v) is 9.63. The average Bonchev–Trinajstić information content (AvgIpc) is 2.56. The third kappa shape index (κ3) is 5.22. The van der Waals surface area contributed by atoms with E-state index in [1.54, 1.807) is 0 Å². The minimum absolute atomic E-state index is 0.0417. The molecule has 4 heteroatoms. The molecule has 0 spiro atoms. The maximum absolute atomic E-state index is 12.5. The summed E-state index contributed by atoms with van der Waals surface area (Å²) in [6, 6.07) is 11.9. The molecule has 2 aromatic rings. The Hall–Kier alpha value is -2.62. The lowest BCUT2D eigenvalue weighted by atomic mass is 9.86. The van der Waals surface area contributed by atoms with Crippen LogP contribution in [0.4, 0.5) is 11.4 Å². The average molecular weight is 381 g/mol. The van der Waals surface area contributed by atoms with Gasteiger partial charge >= 0.3 is 11.8 Å². The predicted molar refractivity (Wildman–Crippen MR) is 117 cm³/mol. The fraction of sp³-hybridized carbons (Fsp3) is 0.417. The first-order chi connectivity index (χ1) is 12.8. The molecule has 0 bridgehead atoms. The summed E-state index contributed by atoms with van der Waals surface area (Å²) in [7, 11) is 0. The second-order valence-corrected chi connectivity index (χ2v) is 9.47. The summed E-state index contributed by atoms with van der Waals surface area (Å²) >= 11 is 0. The molecule has 2 amide bonds. The number of amides is 2. The number of rotatable bonds is 2. The second-order valence-electron chi connectivity index (χ2n) is 9.47. The Morgan fingerprint density at radius 1 is 0.643 bits per heavy atom. The molecule has 0 radical (unpaired) electrons. The van der Waals surface area contributed by atoms with Gasteiger partial charge in [0.25, 0.3) is 0 Å². The molecule has 0 aromatic heterocycles. The topological polar surface area (TPSA) is 58.2 Å². The lowest BCUT2D eigenvalue weighted by Gasteiger charge is -2.21. The van der Waals surface area contributed by atoms with Crippen LogP contribution in [0.15, 0.2) is 36.4 Å². The molecule has 0 aliphatic rings. The third-order valence-electron chi connectivity index (χ3n) is 4.91. The number of anilines is 2. The van der Waals surface area contributed by atoms with E-state index < -0.39 is 11.8 Å². The maximum Gasteiger partial charge on any atom is 0.314 e. The Kier molecular flexibility index (Phi) is 6.03. The van der Waals surface area contributed by atoms with Gasteiger partial charge in [0.2, 0.25) is 0 Å². The highest BCUT2D eigenvalue weighted by atomic mass is 16.2. The Balaban J connectivity index is 2.20. The molecule has 0 aliphatic heterocycles. The lowest BCUT2D eigenvalue weighted by molar-refractivity contribution is -0.133. The molecule has 0 aliphatic carbocycles. The van der Waals surface area contributed by atoms with E-state index in [0.29, 0.717) is 11.4 Å². The van der Waals surface area contributed by atoms with Crippen molar-refractivity contribution >= 4 is 23.2 Å². The fourth-order valence-corrected chi connectivity index (χ4v) is 2.80. The molecule has 0 saturated heterocycles. The molecule has 2 rings (SSSR count). The number of carbonyl (C=O) groups is 2. The van der Waals surface area contributed by atoms with Crippen LogP contribution in [0.25, 0.3) is 0 Å². The number of carbonyl (C=O) groups excluding carboxylic acids is 2. The van der Waals surface area contributed by atoms with Crippen LogP contribution in [0.5, 0.6) is 0 Å². The number of hydrogen-bond acceptors (Lipinski definition) is 2. The van der Waals surface area contributed by atoms with E-state index in [0.717, 1.165) is 22.3 Å². The van der Waals surface area contributed by atoms with Crippen molar-refractivity contribution in [1.82, 2.24) is 0 Å². The van der Waals surface area contributed by atoms with Crippen LogP contribution in [-0.4, -0.2) is 11.8 Å². The van der Waals surface area contributed by atoms with E-state index in [4.69, 9.17) is 0 Å². The summed E-state index contributed by atoms with van der Waals surface area (Å²) in [6.07, 6.45) is 0. The number of hydrogen-bond donors (Lipinski definition) is 2. The smallest absolute Gasteiger partial charge is 0.314 e. The highest BCUT2D eigenvalue weighted by Gasteiger charge is 2.20. The molecule has 150 valence electrons. The van der Waals surface area contributed by atoms with Crippen LogP contribution in [0.1, 0.15) is 63.8 Å². The Morgan fingerprint density at radius 3 is 1.25 bits per heavy atom. The van der Waals surface area contributed by atoms with E-state index in [2.05, 4.69) is 52.2 Å². The summed E-state index contributed by atoms with van der Waals surface area (Å²) in [5.41, 5.74) is 5.27. The highest BCUT2D eigenvalue weighted by molar-refractivity contribution is 6.43. The van der Waals surface area contributed by atoms with E-state index in [9.17, 15) is 9.59 Å². The molecule has 0 fully saturated rings. The van der Waals surface area contributed by atoms with Crippen LogP contribution in [0.2, 0.25) is 0 Å². The molecule has 28 heavy (non-hydrogen) atoms. The van der Waals surface area contributed by atoms with Gasteiger partial charge in [0, 0.05) is 11.4 Å². The van der Waals surface area contributed by atoms with Crippen LogP contribution < -0.4 is 10.6 Å². The first kappa shape index (κ1) is 21.7. The summed E-state index contributed by atoms with van der Waals surface area (Å²) in [5, 5.41) is 5.51. The lowest BCUT2D eigenvalue weighted by Crippen LogP contribution is -2.30. The number of benzene rings is 2. The zero-order valence-electron chi connectivity index (χ0n) is 18.3. The molecular weight excluding hydrogens is 348 g/mol. The van der Waals surface area contributed by atoms with Gasteiger partial charge in [-0.2, -0.15) is 0 Å². The standard InChI is InChI=1S/C24H32N2O2/c1-15-9-11-17(23(3,4)5)13-19(15)25-21(27)22(28)26-20-14-18(24(6,7)8)12-10-16(20)2/h9-14H,1-8H3,(H,25,27)(H,26,28). The van der Waals surface area contributed by atoms with Crippen molar-refractivity contribution < 1.29 is 9.59 Å². The van der Waals surface area contributed by atoms with Crippen molar-refractivity contribution in [2.75, 3.05) is 10.6 Å². The summed E-state index contributed by atoms with van der Waals surface area (Å²) < 4.78 is 0. The monoisotopic (exact) mass is 380 g/mol. The van der Waals surface area contributed by atoms with Gasteiger partial charge in [-0.3, -0.25) is 9.59 Å². The van der Waals surface area contributed by atoms with Crippen molar-refractivity contribution in [2.45, 2.75) is 66.2 Å². The fourth-order valence-electron chi connectivity index (χ4n) is 2.80. The van der Waals surface area contributed by atoms with Crippen molar-refractivity contribution in [2.24, 2.45) is 0 Å². The summed E-state index contributed by atoms with van der Waals surface area (Å²) in [5.74, 6) is -1.34. The van der Waals surface area contributed by atoms with Crippen molar-refractivity contribution in [3.05, 3.63) is 58.7 Å². The molecule has 4 nitrogen and oxygen atoms in total. The van der Waals surface area contributed by atoms with Crippen molar-refractivity contribution in [3.8, 4) is 0 Å². The predicted octanol–water partition coefficient (Wildman–Crippen LogP) is 5.48. The van der Waals surface area contributed by atoms with Crippen molar-refractivity contribution in [1.29, 1.82) is 0 Å². The Morgan fingerprint density at radius 2 is 0.964 bits per heavy atom.